The molecule has 24 heavy (non-hydrogen) atoms. The van der Waals surface area contributed by atoms with Gasteiger partial charge >= 0.3 is 0 Å². The number of rotatable bonds is 2. The largest absolute Gasteiger partial charge is 0.317 e. The molecule has 7 heteroatoms. The van der Waals surface area contributed by atoms with Crippen molar-refractivity contribution in [2.75, 3.05) is 39.8 Å². The van der Waals surface area contributed by atoms with Gasteiger partial charge < -0.3 is 5.32 Å². The van der Waals surface area contributed by atoms with E-state index in [-0.39, 0.29) is 36.2 Å². The first-order valence-electron chi connectivity index (χ1n) is 8.18. The fourth-order valence-corrected chi connectivity index (χ4v) is 4.08. The fourth-order valence-electron chi connectivity index (χ4n) is 3.86. The van der Waals surface area contributed by atoms with E-state index in [1.54, 1.807) is 12.1 Å². The van der Waals surface area contributed by atoms with Gasteiger partial charge in [0.2, 0.25) is 0 Å². The van der Waals surface area contributed by atoms with Crippen molar-refractivity contribution in [3.05, 3.63) is 34.6 Å². The monoisotopic (exact) mass is 397 g/mol. The predicted molar refractivity (Wildman–Crippen MR) is 103 cm³/mol. The van der Waals surface area contributed by atoms with Gasteiger partial charge in [-0.3, -0.25) is 9.80 Å². The van der Waals surface area contributed by atoms with Crippen LogP contribution in [0.25, 0.3) is 0 Å². The number of hydrogen-bond acceptors (Lipinski definition) is 3. The zero-order chi connectivity index (χ0) is 15.6. The quantitative estimate of drug-likeness (QED) is 0.821. The van der Waals surface area contributed by atoms with E-state index in [4.69, 9.17) is 11.6 Å². The van der Waals surface area contributed by atoms with Gasteiger partial charge in [0.15, 0.2) is 0 Å². The molecule has 1 N–H and O–H groups in total. The molecule has 0 atom stereocenters. The number of halogens is 4. The average Bonchev–Trinajstić information content (AvgIpc) is 2.64. The standard InChI is InChI=1S/C17H25ClFN3.2ClH/c1-21-10-3-11-22(13-17(21)6-8-20-9-7-17)12-14-15(18)4-2-5-16(14)19;;/h2,4-5,20H,3,6-13H2,1H3;2*1H. The highest BCUT2D eigenvalue weighted by molar-refractivity contribution is 6.31. The van der Waals surface area contributed by atoms with Crippen LogP contribution in [0.5, 0.6) is 0 Å². The van der Waals surface area contributed by atoms with Crippen molar-refractivity contribution >= 4 is 36.4 Å². The van der Waals surface area contributed by atoms with Gasteiger partial charge in [-0.1, -0.05) is 17.7 Å². The van der Waals surface area contributed by atoms with Gasteiger partial charge in [-0.05, 0) is 64.6 Å². The molecule has 1 aromatic carbocycles. The summed E-state index contributed by atoms with van der Waals surface area (Å²) in [7, 11) is 2.24. The molecule has 3 rings (SSSR count). The van der Waals surface area contributed by atoms with Crippen molar-refractivity contribution < 1.29 is 4.39 Å². The zero-order valence-corrected chi connectivity index (χ0v) is 16.5. The highest BCUT2D eigenvalue weighted by Crippen LogP contribution is 2.30. The summed E-state index contributed by atoms with van der Waals surface area (Å²) < 4.78 is 14.1. The smallest absolute Gasteiger partial charge is 0.129 e. The Labute approximate surface area is 161 Å². The first-order chi connectivity index (χ1) is 10.6. The summed E-state index contributed by atoms with van der Waals surface area (Å²) in [5, 5.41) is 3.99. The molecule has 0 saturated carbocycles. The minimum Gasteiger partial charge on any atom is -0.317 e. The van der Waals surface area contributed by atoms with Crippen LogP contribution in [-0.4, -0.2) is 55.1 Å². The van der Waals surface area contributed by atoms with Crippen LogP contribution in [0, 0.1) is 5.82 Å². The van der Waals surface area contributed by atoms with E-state index < -0.39 is 0 Å². The first-order valence-corrected chi connectivity index (χ1v) is 8.56. The van der Waals surface area contributed by atoms with Crippen molar-refractivity contribution in [2.45, 2.75) is 31.3 Å². The maximum absolute atomic E-state index is 14.1. The van der Waals surface area contributed by atoms with E-state index in [0.29, 0.717) is 17.1 Å². The number of hydrogen-bond donors (Lipinski definition) is 1. The highest BCUT2D eigenvalue weighted by Gasteiger charge is 2.39. The van der Waals surface area contributed by atoms with E-state index in [1.807, 2.05) is 0 Å². The third-order valence-electron chi connectivity index (χ3n) is 5.27. The van der Waals surface area contributed by atoms with Gasteiger partial charge in [0.25, 0.3) is 0 Å². The lowest BCUT2D eigenvalue weighted by Crippen LogP contribution is -2.57. The highest BCUT2D eigenvalue weighted by atomic mass is 35.5. The second-order valence-electron chi connectivity index (χ2n) is 6.66. The number of piperidine rings is 1. The fraction of sp³-hybridized carbons (Fsp3) is 0.647. The molecule has 0 amide bonds. The summed E-state index contributed by atoms with van der Waals surface area (Å²) in [5.74, 6) is -0.190. The van der Waals surface area contributed by atoms with E-state index >= 15 is 0 Å². The number of benzene rings is 1. The number of nitrogens with zero attached hydrogens (tertiary/aromatic N) is 2. The van der Waals surface area contributed by atoms with Gasteiger partial charge in [0.05, 0.1) is 0 Å². The predicted octanol–water partition coefficient (Wildman–Crippen LogP) is 3.58. The zero-order valence-electron chi connectivity index (χ0n) is 14.1. The van der Waals surface area contributed by atoms with Crippen molar-refractivity contribution in [2.24, 2.45) is 0 Å². The Hall–Kier alpha value is -0.100. The van der Waals surface area contributed by atoms with E-state index in [9.17, 15) is 4.39 Å². The van der Waals surface area contributed by atoms with Crippen LogP contribution in [0.4, 0.5) is 4.39 Å². The Morgan fingerprint density at radius 1 is 1.21 bits per heavy atom. The summed E-state index contributed by atoms with van der Waals surface area (Å²) in [6.07, 6.45) is 3.44. The maximum atomic E-state index is 14.1. The summed E-state index contributed by atoms with van der Waals surface area (Å²) in [6.45, 7) is 5.85. The molecule has 2 heterocycles. The molecular formula is C17H27Cl3FN3. The maximum Gasteiger partial charge on any atom is 0.129 e. The lowest BCUT2D eigenvalue weighted by molar-refractivity contribution is 0.0635. The molecule has 0 unspecified atom stereocenters. The van der Waals surface area contributed by atoms with Crippen LogP contribution in [-0.2, 0) is 6.54 Å². The Kier molecular flexibility index (Phi) is 8.74. The van der Waals surface area contributed by atoms with Crippen molar-refractivity contribution in [1.29, 1.82) is 0 Å². The topological polar surface area (TPSA) is 18.5 Å². The van der Waals surface area contributed by atoms with Crippen LogP contribution in [0.1, 0.15) is 24.8 Å². The molecule has 2 fully saturated rings. The first kappa shape index (κ1) is 21.9. The van der Waals surface area contributed by atoms with Crippen molar-refractivity contribution in [3.63, 3.8) is 0 Å². The van der Waals surface area contributed by atoms with Gasteiger partial charge in [-0.15, -0.1) is 24.8 Å². The molecular weight excluding hydrogens is 372 g/mol. The molecule has 2 aliphatic heterocycles. The van der Waals surface area contributed by atoms with Crippen LogP contribution in [0.15, 0.2) is 18.2 Å². The molecule has 0 aromatic heterocycles. The van der Waals surface area contributed by atoms with Crippen LogP contribution >= 0.6 is 36.4 Å². The van der Waals surface area contributed by atoms with Crippen molar-refractivity contribution in [3.8, 4) is 0 Å². The van der Waals surface area contributed by atoms with Crippen LogP contribution in [0.2, 0.25) is 5.02 Å². The molecule has 1 aromatic rings. The van der Waals surface area contributed by atoms with Gasteiger partial charge in [-0.25, -0.2) is 4.39 Å². The number of likely N-dealkylation sites (N-methyl/N-ethyl adjacent to an activating group) is 1. The normalized spacial score (nSPS) is 21.6. The van der Waals surface area contributed by atoms with Gasteiger partial charge in [0, 0.05) is 29.2 Å². The second-order valence-corrected chi connectivity index (χ2v) is 7.07. The molecule has 0 aliphatic carbocycles. The van der Waals surface area contributed by atoms with Gasteiger partial charge in [0.1, 0.15) is 5.82 Å². The SMILES string of the molecule is CN1CCCN(Cc2c(F)cccc2Cl)CC12CCNCC2.Cl.Cl. The van der Waals surface area contributed by atoms with Crippen molar-refractivity contribution in [1.82, 2.24) is 15.1 Å². The third kappa shape index (κ3) is 4.75. The van der Waals surface area contributed by atoms with E-state index in [1.165, 1.54) is 6.07 Å². The van der Waals surface area contributed by atoms with Crippen LogP contribution < -0.4 is 5.32 Å². The molecule has 0 bridgehead atoms. The number of nitrogens with one attached hydrogen (secondary N) is 1. The lowest BCUT2D eigenvalue weighted by atomic mass is 9.86. The minimum absolute atomic E-state index is 0. The van der Waals surface area contributed by atoms with Crippen LogP contribution in [0.3, 0.4) is 0 Å². The molecule has 2 aliphatic rings. The lowest BCUT2D eigenvalue weighted by Gasteiger charge is -2.45. The summed E-state index contributed by atoms with van der Waals surface area (Å²) in [6, 6.07) is 4.96. The molecule has 138 valence electrons. The Morgan fingerprint density at radius 2 is 1.92 bits per heavy atom. The van der Waals surface area contributed by atoms with E-state index in [2.05, 4.69) is 22.2 Å². The summed E-state index contributed by atoms with van der Waals surface area (Å²) >= 11 is 6.21. The summed E-state index contributed by atoms with van der Waals surface area (Å²) in [4.78, 5) is 4.91. The Bertz CT molecular complexity index is 504. The second kappa shape index (κ2) is 9.56. The molecule has 3 nitrogen and oxygen atoms in total. The summed E-state index contributed by atoms with van der Waals surface area (Å²) in [5.41, 5.74) is 0.859. The third-order valence-corrected chi connectivity index (χ3v) is 5.63. The molecule has 2 saturated heterocycles. The average molecular weight is 399 g/mol. The Morgan fingerprint density at radius 3 is 2.58 bits per heavy atom. The minimum atomic E-state index is -0.190. The molecule has 0 radical (unpaired) electrons. The van der Waals surface area contributed by atoms with Gasteiger partial charge in [-0.2, -0.15) is 0 Å². The molecule has 1 spiro atoms. The van der Waals surface area contributed by atoms with E-state index in [0.717, 1.165) is 52.0 Å². The Balaban J connectivity index is 0.00000144.